The van der Waals surface area contributed by atoms with Crippen LogP contribution in [0, 0.1) is 0 Å². The summed E-state index contributed by atoms with van der Waals surface area (Å²) in [6, 6.07) is 5.36. The van der Waals surface area contributed by atoms with Crippen molar-refractivity contribution in [3.05, 3.63) is 47.7 Å². The second-order valence-corrected chi connectivity index (χ2v) is 7.50. The van der Waals surface area contributed by atoms with Crippen LogP contribution < -0.4 is 4.74 Å². The lowest BCUT2D eigenvalue weighted by Crippen LogP contribution is -2.39. The Hall–Kier alpha value is -3.03. The van der Waals surface area contributed by atoms with Gasteiger partial charge in [0.25, 0.3) is 5.91 Å². The normalized spacial score (nSPS) is 17.0. The highest BCUT2D eigenvalue weighted by Gasteiger charge is 2.27. The zero-order chi connectivity index (χ0) is 20.2. The molecule has 0 aromatic carbocycles. The number of piperidine rings is 1. The highest BCUT2D eigenvalue weighted by molar-refractivity contribution is 5.78. The Bertz CT molecular complexity index is 881. The third kappa shape index (κ3) is 4.52. The van der Waals surface area contributed by atoms with Crippen molar-refractivity contribution in [2.45, 2.75) is 38.6 Å². The molecule has 0 bridgehead atoms. The number of pyridine rings is 1. The molecule has 0 N–H and O–H groups in total. The number of carbonyl (C=O) groups is 2. The Morgan fingerprint density at radius 2 is 1.97 bits per heavy atom. The van der Waals surface area contributed by atoms with E-state index in [1.807, 2.05) is 17.2 Å². The van der Waals surface area contributed by atoms with Crippen molar-refractivity contribution >= 4 is 11.8 Å². The van der Waals surface area contributed by atoms with E-state index in [1.165, 1.54) is 0 Å². The van der Waals surface area contributed by atoms with E-state index >= 15 is 0 Å². The minimum Gasteiger partial charge on any atom is -0.468 e. The number of nitrogens with zero attached hydrogens (tertiary/aromatic N) is 5. The van der Waals surface area contributed by atoms with Crippen molar-refractivity contribution < 1.29 is 14.3 Å². The number of carbonyl (C=O) groups excluding carboxylic acids is 2. The third-order valence-electron chi connectivity index (χ3n) is 5.59. The number of aromatic nitrogens is 3. The van der Waals surface area contributed by atoms with Gasteiger partial charge in [0.2, 0.25) is 11.8 Å². The molecule has 2 aliphatic heterocycles. The molecule has 4 rings (SSSR count). The van der Waals surface area contributed by atoms with Gasteiger partial charge in [-0.25, -0.2) is 15.0 Å². The Morgan fingerprint density at radius 1 is 1.14 bits per heavy atom. The van der Waals surface area contributed by atoms with Crippen LogP contribution in [-0.4, -0.2) is 62.8 Å². The summed E-state index contributed by atoms with van der Waals surface area (Å²) in [5.41, 5.74) is 2.02. The zero-order valence-corrected chi connectivity index (χ0v) is 16.6. The summed E-state index contributed by atoms with van der Waals surface area (Å²) in [6.07, 6.45) is 6.00. The number of hydrogen-bond donors (Lipinski definition) is 0. The van der Waals surface area contributed by atoms with Crippen LogP contribution in [0.5, 0.6) is 5.88 Å². The summed E-state index contributed by atoms with van der Waals surface area (Å²) in [5.74, 6) is 1.67. The van der Waals surface area contributed by atoms with Crippen LogP contribution in [0.1, 0.15) is 42.8 Å². The number of fused-ring (bicyclic) bond motifs is 1. The van der Waals surface area contributed by atoms with E-state index in [-0.39, 0.29) is 18.4 Å². The standard InChI is InChI=1S/C21H25N5O3/c1-15(27)25-9-5-16(6-10-25)21-23-12-17-13-26(11-7-18(17)24-21)20(28)14-29-19-4-2-3-8-22-19/h2-4,8,12,16H,5-7,9-11,13-14H2,1H3. The van der Waals surface area contributed by atoms with Crippen LogP contribution in [-0.2, 0) is 22.6 Å². The molecule has 2 aromatic heterocycles. The molecule has 1 saturated heterocycles. The molecule has 152 valence electrons. The first-order valence-corrected chi connectivity index (χ1v) is 10.0. The van der Waals surface area contributed by atoms with Gasteiger partial charge < -0.3 is 14.5 Å². The lowest BCUT2D eigenvalue weighted by molar-refractivity contribution is -0.134. The summed E-state index contributed by atoms with van der Waals surface area (Å²) < 4.78 is 5.47. The Labute approximate surface area is 169 Å². The average molecular weight is 395 g/mol. The molecule has 0 atom stereocenters. The van der Waals surface area contributed by atoms with Crippen LogP contribution in [0.3, 0.4) is 0 Å². The van der Waals surface area contributed by atoms with Crippen LogP contribution >= 0.6 is 0 Å². The van der Waals surface area contributed by atoms with Crippen molar-refractivity contribution in [2.75, 3.05) is 26.2 Å². The number of hydrogen-bond acceptors (Lipinski definition) is 6. The minimum absolute atomic E-state index is 0.0278. The molecule has 0 spiro atoms. The lowest BCUT2D eigenvalue weighted by Gasteiger charge is -2.32. The van der Waals surface area contributed by atoms with E-state index in [2.05, 4.69) is 9.97 Å². The molecule has 0 aliphatic carbocycles. The van der Waals surface area contributed by atoms with Gasteiger partial charge in [-0.15, -0.1) is 0 Å². The van der Waals surface area contributed by atoms with Gasteiger partial charge in [0, 0.05) is 69.5 Å². The van der Waals surface area contributed by atoms with E-state index in [9.17, 15) is 9.59 Å². The molecule has 8 nitrogen and oxygen atoms in total. The maximum absolute atomic E-state index is 12.5. The summed E-state index contributed by atoms with van der Waals surface area (Å²) in [4.78, 5) is 41.1. The van der Waals surface area contributed by atoms with Gasteiger partial charge >= 0.3 is 0 Å². The Morgan fingerprint density at radius 3 is 2.69 bits per heavy atom. The van der Waals surface area contributed by atoms with Crippen molar-refractivity contribution in [2.24, 2.45) is 0 Å². The van der Waals surface area contributed by atoms with Crippen molar-refractivity contribution in [3.63, 3.8) is 0 Å². The smallest absolute Gasteiger partial charge is 0.260 e. The first-order chi connectivity index (χ1) is 14.1. The zero-order valence-electron chi connectivity index (χ0n) is 16.6. The fraction of sp³-hybridized carbons (Fsp3) is 0.476. The third-order valence-corrected chi connectivity index (χ3v) is 5.59. The van der Waals surface area contributed by atoms with Gasteiger partial charge in [0.05, 0.1) is 5.69 Å². The number of amides is 2. The van der Waals surface area contributed by atoms with Crippen molar-refractivity contribution in [1.82, 2.24) is 24.8 Å². The van der Waals surface area contributed by atoms with Crippen molar-refractivity contribution in [1.29, 1.82) is 0 Å². The monoisotopic (exact) mass is 395 g/mol. The first kappa shape index (κ1) is 19.3. The number of likely N-dealkylation sites (tertiary alicyclic amines) is 1. The molecule has 8 heteroatoms. The molecule has 1 fully saturated rings. The van der Waals surface area contributed by atoms with E-state index in [0.717, 1.165) is 43.0 Å². The molecule has 2 amide bonds. The predicted molar refractivity (Wildman–Crippen MR) is 105 cm³/mol. The van der Waals surface area contributed by atoms with Crippen molar-refractivity contribution in [3.8, 4) is 5.88 Å². The number of rotatable bonds is 4. The minimum atomic E-state index is -0.0676. The van der Waals surface area contributed by atoms with Gasteiger partial charge in [0.1, 0.15) is 5.82 Å². The molecule has 0 radical (unpaired) electrons. The molecule has 2 aliphatic rings. The highest BCUT2D eigenvalue weighted by atomic mass is 16.5. The predicted octanol–water partition coefficient (Wildman–Crippen LogP) is 1.56. The van der Waals surface area contributed by atoms with Crippen LogP contribution in [0.2, 0.25) is 0 Å². The van der Waals surface area contributed by atoms with Gasteiger partial charge in [-0.05, 0) is 18.9 Å². The second-order valence-electron chi connectivity index (χ2n) is 7.50. The van der Waals surface area contributed by atoms with Crippen LogP contribution in [0.15, 0.2) is 30.6 Å². The van der Waals surface area contributed by atoms with Crippen LogP contribution in [0.25, 0.3) is 0 Å². The summed E-state index contributed by atoms with van der Waals surface area (Å²) in [5, 5.41) is 0. The summed E-state index contributed by atoms with van der Waals surface area (Å²) in [6.45, 7) is 4.24. The van der Waals surface area contributed by atoms with E-state index in [0.29, 0.717) is 31.3 Å². The lowest BCUT2D eigenvalue weighted by atomic mass is 9.95. The maximum Gasteiger partial charge on any atom is 0.260 e. The molecular weight excluding hydrogens is 370 g/mol. The Balaban J connectivity index is 1.34. The molecular formula is C21H25N5O3. The average Bonchev–Trinajstić information content (AvgIpc) is 2.77. The van der Waals surface area contributed by atoms with Gasteiger partial charge in [-0.3, -0.25) is 9.59 Å². The Kier molecular flexibility index (Phi) is 5.69. The number of ether oxygens (including phenoxy) is 1. The molecule has 4 heterocycles. The SMILES string of the molecule is CC(=O)N1CCC(c2ncc3c(n2)CCN(C(=O)COc2ccccn2)C3)CC1. The fourth-order valence-corrected chi connectivity index (χ4v) is 3.85. The van der Waals surface area contributed by atoms with E-state index < -0.39 is 0 Å². The van der Waals surface area contributed by atoms with E-state index in [4.69, 9.17) is 9.72 Å². The highest BCUT2D eigenvalue weighted by Crippen LogP contribution is 2.27. The van der Waals surface area contributed by atoms with Gasteiger partial charge in [-0.1, -0.05) is 6.07 Å². The van der Waals surface area contributed by atoms with Crippen LogP contribution in [0.4, 0.5) is 0 Å². The summed E-state index contributed by atoms with van der Waals surface area (Å²) >= 11 is 0. The van der Waals surface area contributed by atoms with E-state index in [1.54, 1.807) is 30.2 Å². The van der Waals surface area contributed by atoms with Gasteiger partial charge in [0.15, 0.2) is 6.61 Å². The second kappa shape index (κ2) is 8.55. The molecule has 0 saturated carbocycles. The quantitative estimate of drug-likeness (QED) is 0.781. The topological polar surface area (TPSA) is 88.5 Å². The molecule has 29 heavy (non-hydrogen) atoms. The first-order valence-electron chi connectivity index (χ1n) is 10.0. The molecule has 0 unspecified atom stereocenters. The van der Waals surface area contributed by atoms with Gasteiger partial charge in [-0.2, -0.15) is 0 Å². The fourth-order valence-electron chi connectivity index (χ4n) is 3.85. The largest absolute Gasteiger partial charge is 0.468 e. The maximum atomic E-state index is 12.5. The molecule has 2 aromatic rings. The summed E-state index contributed by atoms with van der Waals surface area (Å²) in [7, 11) is 0.